The summed E-state index contributed by atoms with van der Waals surface area (Å²) in [6.45, 7) is 7.12. The van der Waals surface area contributed by atoms with E-state index >= 15 is 0 Å². The fourth-order valence-electron chi connectivity index (χ4n) is 2.02. The third kappa shape index (κ3) is 4.62. The van der Waals surface area contributed by atoms with E-state index in [1.807, 2.05) is 0 Å². The molecule has 2 aromatic carbocycles. The topological polar surface area (TPSA) is 83.2 Å². The van der Waals surface area contributed by atoms with Crippen LogP contribution in [0.4, 0.5) is 5.69 Å². The van der Waals surface area contributed by atoms with Crippen LogP contribution in [0.15, 0.2) is 54.4 Å². The maximum Gasteiger partial charge on any atom is 0.290 e. The molecule has 6 nitrogen and oxygen atoms in total. The number of para-hydroxylation sites is 1. The van der Waals surface area contributed by atoms with Gasteiger partial charge < -0.3 is 20.3 Å². The number of nitrogens with zero attached hydrogens (tertiary/aromatic N) is 1. The van der Waals surface area contributed by atoms with Crippen LogP contribution in [-0.2, 0) is 9.53 Å². The van der Waals surface area contributed by atoms with Crippen molar-refractivity contribution in [3.05, 3.63) is 77.0 Å². The van der Waals surface area contributed by atoms with Gasteiger partial charge in [0.2, 0.25) is 5.69 Å². The maximum atomic E-state index is 12.2. The largest absolute Gasteiger partial charge is 0.519 e. The molecule has 0 aliphatic heterocycles. The molecule has 0 saturated carbocycles. The first-order chi connectivity index (χ1) is 12.0. The first-order valence-corrected chi connectivity index (χ1v) is 7.26. The van der Waals surface area contributed by atoms with Gasteiger partial charge in [-0.25, -0.2) is 4.85 Å². The number of ether oxygens (including phenoxy) is 1. The molecule has 126 valence electrons. The van der Waals surface area contributed by atoms with Crippen LogP contribution >= 0.6 is 0 Å². The summed E-state index contributed by atoms with van der Waals surface area (Å²) in [4.78, 5) is 15.4. The van der Waals surface area contributed by atoms with Gasteiger partial charge in [0.25, 0.3) is 5.91 Å². The number of rotatable bonds is 5. The van der Waals surface area contributed by atoms with Gasteiger partial charge in [-0.15, -0.1) is 0 Å². The van der Waals surface area contributed by atoms with Gasteiger partial charge in [0.05, 0.1) is 13.7 Å². The summed E-state index contributed by atoms with van der Waals surface area (Å²) in [7, 11) is 1.34. The molecule has 0 aromatic heterocycles. The van der Waals surface area contributed by atoms with Gasteiger partial charge in [0.15, 0.2) is 5.76 Å². The molecule has 1 amide bonds. The van der Waals surface area contributed by atoms with Gasteiger partial charge in [-0.3, -0.25) is 4.79 Å². The van der Waals surface area contributed by atoms with E-state index in [1.165, 1.54) is 37.6 Å². The number of phenolic OH excluding ortho intramolecular Hbond substituents is 2. The third-order valence-corrected chi connectivity index (χ3v) is 3.27. The van der Waals surface area contributed by atoms with E-state index < -0.39 is 5.91 Å². The second-order valence-electron chi connectivity index (χ2n) is 4.94. The number of nitrogens with one attached hydrogen (secondary N) is 1. The van der Waals surface area contributed by atoms with Crippen LogP contribution in [0.2, 0.25) is 0 Å². The van der Waals surface area contributed by atoms with Crippen molar-refractivity contribution in [2.75, 3.05) is 7.11 Å². The molecule has 0 heterocycles. The van der Waals surface area contributed by atoms with Crippen LogP contribution in [-0.4, -0.2) is 23.2 Å². The fourth-order valence-corrected chi connectivity index (χ4v) is 2.02. The summed E-state index contributed by atoms with van der Waals surface area (Å²) in [5.41, 5.74) is 1.22. The van der Waals surface area contributed by atoms with Crippen molar-refractivity contribution in [2.24, 2.45) is 0 Å². The second-order valence-corrected chi connectivity index (χ2v) is 4.94. The molecule has 0 radical (unpaired) electrons. The zero-order valence-electron chi connectivity index (χ0n) is 13.4. The molecular weight excluding hydrogens is 320 g/mol. The lowest BCUT2D eigenvalue weighted by molar-refractivity contribution is -0.119. The number of benzene rings is 2. The smallest absolute Gasteiger partial charge is 0.290 e. The quantitative estimate of drug-likeness (QED) is 0.444. The Kier molecular flexibility index (Phi) is 5.80. The summed E-state index contributed by atoms with van der Waals surface area (Å²) in [5, 5.41) is 21.5. The lowest BCUT2D eigenvalue weighted by Gasteiger charge is -2.06. The van der Waals surface area contributed by atoms with Gasteiger partial charge in [-0.1, -0.05) is 24.3 Å². The van der Waals surface area contributed by atoms with Crippen LogP contribution in [0.5, 0.6) is 11.5 Å². The Morgan fingerprint density at radius 2 is 1.92 bits per heavy atom. The summed E-state index contributed by atoms with van der Waals surface area (Å²) in [6, 6.07) is 11.0. The average Bonchev–Trinajstić information content (AvgIpc) is 2.61. The van der Waals surface area contributed by atoms with Crippen molar-refractivity contribution < 1.29 is 19.7 Å². The van der Waals surface area contributed by atoms with Crippen molar-refractivity contribution in [3.63, 3.8) is 0 Å². The van der Waals surface area contributed by atoms with Crippen LogP contribution in [0.3, 0.4) is 0 Å². The average molecular weight is 336 g/mol. The zero-order valence-corrected chi connectivity index (χ0v) is 13.4. The number of aromatic hydroxyl groups is 2. The molecule has 0 aliphatic carbocycles. The number of hydrogen-bond acceptors (Lipinski definition) is 4. The van der Waals surface area contributed by atoms with Crippen LogP contribution in [0.25, 0.3) is 17.0 Å². The first kappa shape index (κ1) is 17.6. The molecule has 0 saturated heterocycles. The summed E-state index contributed by atoms with van der Waals surface area (Å²) in [6.07, 6.45) is 4.49. The summed E-state index contributed by atoms with van der Waals surface area (Å²) < 4.78 is 5.07. The molecule has 0 aliphatic rings. The summed E-state index contributed by atoms with van der Waals surface area (Å²) >= 11 is 0. The van der Waals surface area contributed by atoms with Crippen molar-refractivity contribution in [1.82, 2.24) is 5.32 Å². The number of hydrogen-bond donors (Lipinski definition) is 3. The minimum Gasteiger partial charge on any atom is -0.519 e. The van der Waals surface area contributed by atoms with Gasteiger partial charge in [-0.2, -0.15) is 0 Å². The number of methoxy groups -OCH3 is 1. The molecule has 2 rings (SSSR count). The highest BCUT2D eigenvalue weighted by molar-refractivity contribution is 5.97. The number of phenols is 2. The monoisotopic (exact) mass is 336 g/mol. The van der Waals surface area contributed by atoms with E-state index in [-0.39, 0.29) is 22.9 Å². The fraction of sp³-hybridized carbons (Fsp3) is 0.0526. The Morgan fingerprint density at radius 1 is 1.20 bits per heavy atom. The predicted molar refractivity (Wildman–Crippen MR) is 94.6 cm³/mol. The molecule has 2 aromatic rings. The van der Waals surface area contributed by atoms with Gasteiger partial charge >= 0.3 is 0 Å². The minimum absolute atomic E-state index is 0.00847. The molecule has 0 spiro atoms. The lowest BCUT2D eigenvalue weighted by Crippen LogP contribution is -2.20. The molecule has 6 heteroatoms. The highest BCUT2D eigenvalue weighted by Gasteiger charge is 2.11. The molecule has 0 bridgehead atoms. The molecule has 0 fully saturated rings. The number of carbonyl (C=O) groups excluding carboxylic acids is 1. The highest BCUT2D eigenvalue weighted by atomic mass is 16.5. The Balaban J connectivity index is 2.15. The lowest BCUT2D eigenvalue weighted by atomic mass is 10.1. The van der Waals surface area contributed by atoms with Gasteiger partial charge in [0.1, 0.15) is 11.5 Å². The Bertz CT molecular complexity index is 862. The van der Waals surface area contributed by atoms with Crippen molar-refractivity contribution in [1.29, 1.82) is 0 Å². The van der Waals surface area contributed by atoms with Gasteiger partial charge in [-0.05, 0) is 41.5 Å². The molecule has 0 unspecified atom stereocenters. The number of carbonyl (C=O) groups is 1. The predicted octanol–water partition coefficient (Wildman–Crippen LogP) is 3.42. The van der Waals surface area contributed by atoms with Crippen molar-refractivity contribution >= 4 is 23.7 Å². The van der Waals surface area contributed by atoms with E-state index in [9.17, 15) is 15.0 Å². The van der Waals surface area contributed by atoms with Crippen molar-refractivity contribution in [2.45, 2.75) is 0 Å². The molecule has 25 heavy (non-hydrogen) atoms. The van der Waals surface area contributed by atoms with E-state index in [1.54, 1.807) is 30.3 Å². The van der Waals surface area contributed by atoms with Crippen LogP contribution < -0.4 is 5.32 Å². The zero-order chi connectivity index (χ0) is 18.2. The van der Waals surface area contributed by atoms with E-state index in [4.69, 9.17) is 11.3 Å². The Morgan fingerprint density at radius 3 is 2.56 bits per heavy atom. The molecule has 3 N–H and O–H groups in total. The van der Waals surface area contributed by atoms with Crippen molar-refractivity contribution in [3.8, 4) is 11.5 Å². The Labute approximate surface area is 145 Å². The van der Waals surface area contributed by atoms with Crippen LogP contribution in [0.1, 0.15) is 11.1 Å². The number of amides is 1. The highest BCUT2D eigenvalue weighted by Crippen LogP contribution is 2.31. The maximum absolute atomic E-state index is 12.2. The van der Waals surface area contributed by atoms with Crippen LogP contribution in [0, 0.1) is 6.57 Å². The second kappa shape index (κ2) is 8.22. The van der Waals surface area contributed by atoms with E-state index in [2.05, 4.69) is 10.2 Å². The molecular formula is C19H16N2O4. The normalized spacial score (nSPS) is 11.1. The minimum atomic E-state index is -0.503. The summed E-state index contributed by atoms with van der Waals surface area (Å²) in [5.74, 6) is -0.512. The van der Waals surface area contributed by atoms with Gasteiger partial charge in [0, 0.05) is 6.20 Å². The Hall–Kier alpha value is -3.72. The van der Waals surface area contributed by atoms with E-state index in [0.717, 1.165) is 5.56 Å². The first-order valence-electron chi connectivity index (χ1n) is 7.26. The standard InChI is InChI=1S/C19H16N2O4/c1-20-18-14(4-3-5-16(18)23)12-17(25-2)19(24)21-11-10-13-6-8-15(22)9-7-13/h3-12,22-23H,2H3,(H,21,24)/b11-10+,17-12-. The SMILES string of the molecule is [C-]#[N+]c1c(O)cccc1/C=C(\OC)C(=O)N/C=C/c1ccc(O)cc1. The van der Waals surface area contributed by atoms with E-state index in [0.29, 0.717) is 5.56 Å². The third-order valence-electron chi connectivity index (χ3n) is 3.27. The molecule has 0 atom stereocenters.